The van der Waals surface area contributed by atoms with E-state index in [0.717, 1.165) is 23.3 Å². The monoisotopic (exact) mass is 232 g/mol. The number of hydrogen-bond acceptors (Lipinski definition) is 2. The number of carbonyl (C=O) groups excluding carboxylic acids is 1. The quantitative estimate of drug-likeness (QED) is 0.772. The number of ketones is 1. The summed E-state index contributed by atoms with van der Waals surface area (Å²) >= 11 is 0. The second kappa shape index (κ2) is 4.17. The van der Waals surface area contributed by atoms with E-state index in [0.29, 0.717) is 12.3 Å². The molecule has 1 aliphatic heterocycles. The Morgan fingerprint density at radius 1 is 1.41 bits per heavy atom. The Morgan fingerprint density at radius 2 is 2.12 bits per heavy atom. The number of hydrogen-bond donors (Lipinski definition) is 0. The molecule has 2 rings (SSSR count). The molecule has 2 heteroatoms. The fourth-order valence-electron chi connectivity index (χ4n) is 2.29. The van der Waals surface area contributed by atoms with Crippen molar-refractivity contribution in [1.82, 2.24) is 0 Å². The summed E-state index contributed by atoms with van der Waals surface area (Å²) in [6, 6.07) is 5.90. The zero-order chi connectivity index (χ0) is 12.6. The molecule has 0 fully saturated rings. The highest BCUT2D eigenvalue weighted by molar-refractivity contribution is 6.00. The molecular weight excluding hydrogens is 212 g/mol. The van der Waals surface area contributed by atoms with Gasteiger partial charge in [0.05, 0.1) is 12.0 Å². The van der Waals surface area contributed by atoms with Gasteiger partial charge in [-0.3, -0.25) is 4.79 Å². The van der Waals surface area contributed by atoms with Crippen molar-refractivity contribution >= 4 is 5.78 Å². The summed E-state index contributed by atoms with van der Waals surface area (Å²) in [5.41, 5.74) is 1.53. The molecule has 0 radical (unpaired) electrons. The van der Waals surface area contributed by atoms with Crippen LogP contribution in [-0.2, 0) is 0 Å². The smallest absolute Gasteiger partial charge is 0.170 e. The summed E-state index contributed by atoms with van der Waals surface area (Å²) in [6.45, 7) is 8.27. The van der Waals surface area contributed by atoms with Gasteiger partial charge in [0.1, 0.15) is 11.4 Å². The Morgan fingerprint density at radius 3 is 2.76 bits per heavy atom. The van der Waals surface area contributed by atoms with Gasteiger partial charge in [-0.25, -0.2) is 0 Å². The van der Waals surface area contributed by atoms with Gasteiger partial charge in [-0.05, 0) is 37.8 Å². The van der Waals surface area contributed by atoms with Crippen molar-refractivity contribution in [2.45, 2.75) is 52.1 Å². The van der Waals surface area contributed by atoms with Crippen LogP contribution < -0.4 is 4.74 Å². The third kappa shape index (κ3) is 2.21. The molecule has 2 nitrogen and oxygen atoms in total. The minimum atomic E-state index is -0.381. The summed E-state index contributed by atoms with van der Waals surface area (Å²) in [7, 11) is 0. The van der Waals surface area contributed by atoms with Gasteiger partial charge < -0.3 is 4.74 Å². The summed E-state index contributed by atoms with van der Waals surface area (Å²) in [4.78, 5) is 12.1. The highest BCUT2D eigenvalue weighted by Gasteiger charge is 2.34. The Balaban J connectivity index is 2.53. The van der Waals surface area contributed by atoms with Crippen LogP contribution in [0.1, 0.15) is 62.4 Å². The topological polar surface area (TPSA) is 26.3 Å². The summed E-state index contributed by atoms with van der Waals surface area (Å²) in [6.07, 6.45) is 1.51. The van der Waals surface area contributed by atoms with E-state index in [1.54, 1.807) is 0 Å². The maximum Gasteiger partial charge on any atom is 0.170 e. The molecule has 1 aromatic rings. The van der Waals surface area contributed by atoms with Crippen molar-refractivity contribution in [3.63, 3.8) is 0 Å². The molecule has 1 atom stereocenters. The lowest BCUT2D eigenvalue weighted by molar-refractivity contribution is 0.0612. The van der Waals surface area contributed by atoms with Crippen LogP contribution >= 0.6 is 0 Å². The first-order chi connectivity index (χ1) is 7.94. The molecule has 1 unspecified atom stereocenters. The van der Waals surface area contributed by atoms with Crippen LogP contribution in [0, 0.1) is 0 Å². The van der Waals surface area contributed by atoms with Crippen molar-refractivity contribution in [2.24, 2.45) is 0 Å². The number of fused-ring (bicyclic) bond motifs is 1. The Hall–Kier alpha value is -1.31. The molecule has 1 aliphatic rings. The van der Waals surface area contributed by atoms with Crippen LogP contribution in [0.15, 0.2) is 18.2 Å². The largest absolute Gasteiger partial charge is 0.486 e. The van der Waals surface area contributed by atoms with E-state index in [4.69, 9.17) is 4.74 Å². The van der Waals surface area contributed by atoms with Gasteiger partial charge in [0.25, 0.3) is 0 Å². The van der Waals surface area contributed by atoms with E-state index in [-0.39, 0.29) is 11.4 Å². The fourth-order valence-corrected chi connectivity index (χ4v) is 2.29. The average molecular weight is 232 g/mol. The van der Waals surface area contributed by atoms with Crippen molar-refractivity contribution in [3.8, 4) is 5.75 Å². The molecule has 0 amide bonds. The molecule has 1 heterocycles. The number of carbonyl (C=O) groups is 1. The van der Waals surface area contributed by atoms with Gasteiger partial charge in [-0.1, -0.05) is 26.0 Å². The Labute approximate surface area is 103 Å². The lowest BCUT2D eigenvalue weighted by Crippen LogP contribution is -2.36. The minimum absolute atomic E-state index is 0.196. The molecule has 0 saturated heterocycles. The molecule has 0 bridgehead atoms. The number of ether oxygens (including phenoxy) is 1. The van der Waals surface area contributed by atoms with E-state index < -0.39 is 0 Å². The zero-order valence-electron chi connectivity index (χ0n) is 11.0. The van der Waals surface area contributed by atoms with E-state index in [1.165, 1.54) is 0 Å². The Kier molecular flexibility index (Phi) is 2.98. The predicted octanol–water partition coefficient (Wildman–Crippen LogP) is 3.94. The van der Waals surface area contributed by atoms with Gasteiger partial charge in [0.15, 0.2) is 5.78 Å². The molecule has 0 saturated carbocycles. The van der Waals surface area contributed by atoms with Crippen LogP contribution in [0.2, 0.25) is 0 Å². The summed E-state index contributed by atoms with van der Waals surface area (Å²) < 4.78 is 6.02. The first kappa shape index (κ1) is 12.2. The van der Waals surface area contributed by atoms with Crippen molar-refractivity contribution in [1.29, 1.82) is 0 Å². The third-order valence-electron chi connectivity index (χ3n) is 3.45. The zero-order valence-corrected chi connectivity index (χ0v) is 11.0. The van der Waals surface area contributed by atoms with Crippen molar-refractivity contribution in [3.05, 3.63) is 29.3 Å². The van der Waals surface area contributed by atoms with Gasteiger partial charge in [0.2, 0.25) is 0 Å². The highest BCUT2D eigenvalue weighted by Crippen LogP contribution is 2.39. The fraction of sp³-hybridized carbons (Fsp3) is 0.533. The molecule has 17 heavy (non-hydrogen) atoms. The lowest BCUT2D eigenvalue weighted by Gasteiger charge is -2.33. The standard InChI is InChI=1S/C15H20O2/c1-5-10(2)11-7-6-8-12-13(16)9-15(3,4)17-14(11)12/h6-8,10H,5,9H2,1-4H3. The number of Topliss-reactive ketones (excluding diaryl/α,β-unsaturated/α-hetero) is 1. The number of rotatable bonds is 2. The minimum Gasteiger partial charge on any atom is -0.486 e. The maximum absolute atomic E-state index is 12.1. The predicted molar refractivity (Wildman–Crippen MR) is 68.8 cm³/mol. The Bertz CT molecular complexity index is 446. The SMILES string of the molecule is CCC(C)c1cccc2c1OC(C)(C)CC2=O. The number of para-hydroxylation sites is 1. The third-order valence-corrected chi connectivity index (χ3v) is 3.45. The average Bonchev–Trinajstić information content (AvgIpc) is 2.26. The maximum atomic E-state index is 12.1. The van der Waals surface area contributed by atoms with Gasteiger partial charge in [0, 0.05) is 0 Å². The molecule has 0 N–H and O–H groups in total. The van der Waals surface area contributed by atoms with Gasteiger partial charge >= 0.3 is 0 Å². The van der Waals surface area contributed by atoms with E-state index in [2.05, 4.69) is 19.9 Å². The second-order valence-electron chi connectivity index (χ2n) is 5.49. The molecular formula is C15H20O2. The molecule has 0 spiro atoms. The first-order valence-electron chi connectivity index (χ1n) is 6.29. The first-order valence-corrected chi connectivity index (χ1v) is 6.29. The molecule has 0 aliphatic carbocycles. The van der Waals surface area contributed by atoms with Crippen LogP contribution in [0.25, 0.3) is 0 Å². The molecule has 92 valence electrons. The van der Waals surface area contributed by atoms with Crippen LogP contribution in [-0.4, -0.2) is 11.4 Å². The van der Waals surface area contributed by atoms with Gasteiger partial charge in [-0.15, -0.1) is 0 Å². The van der Waals surface area contributed by atoms with Crippen LogP contribution in [0.4, 0.5) is 0 Å². The van der Waals surface area contributed by atoms with Gasteiger partial charge in [-0.2, -0.15) is 0 Å². The van der Waals surface area contributed by atoms with Crippen LogP contribution in [0.5, 0.6) is 5.75 Å². The van der Waals surface area contributed by atoms with Crippen LogP contribution in [0.3, 0.4) is 0 Å². The second-order valence-corrected chi connectivity index (χ2v) is 5.49. The van der Waals surface area contributed by atoms with Crippen molar-refractivity contribution < 1.29 is 9.53 Å². The van der Waals surface area contributed by atoms with E-state index in [9.17, 15) is 4.79 Å². The molecule has 1 aromatic carbocycles. The molecule has 0 aromatic heterocycles. The lowest BCUT2D eigenvalue weighted by atomic mass is 9.88. The number of benzene rings is 1. The summed E-state index contributed by atoms with van der Waals surface area (Å²) in [5.74, 6) is 1.43. The highest BCUT2D eigenvalue weighted by atomic mass is 16.5. The van der Waals surface area contributed by atoms with E-state index >= 15 is 0 Å². The summed E-state index contributed by atoms with van der Waals surface area (Å²) in [5, 5.41) is 0. The van der Waals surface area contributed by atoms with E-state index in [1.807, 2.05) is 26.0 Å². The van der Waals surface area contributed by atoms with Crippen molar-refractivity contribution in [2.75, 3.05) is 0 Å². The normalized spacial score (nSPS) is 19.4.